The summed E-state index contributed by atoms with van der Waals surface area (Å²) in [4.78, 5) is 36.1. The van der Waals surface area contributed by atoms with Crippen molar-refractivity contribution in [3.8, 4) is 0 Å². The van der Waals surface area contributed by atoms with Crippen LogP contribution in [0.5, 0.6) is 0 Å². The minimum atomic E-state index is -0.813. The molecule has 3 rings (SSSR count). The first-order chi connectivity index (χ1) is 12.6. The minimum Gasteiger partial charge on any atom is -0.450 e. The van der Waals surface area contributed by atoms with Crippen LogP contribution >= 0.6 is 11.3 Å². The number of thiophene rings is 1. The first kappa shape index (κ1) is 17.9. The van der Waals surface area contributed by atoms with E-state index >= 15 is 0 Å². The zero-order chi connectivity index (χ0) is 18.5. The summed E-state index contributed by atoms with van der Waals surface area (Å²) >= 11 is 1.22. The number of carbonyl (C=O) groups excluding carboxylic acids is 3. The molecule has 3 N–H and O–H groups in total. The number of para-hydroxylation sites is 1. The van der Waals surface area contributed by atoms with Crippen LogP contribution in [0.2, 0.25) is 0 Å². The average Bonchev–Trinajstić information content (AvgIpc) is 3.09. The first-order valence-corrected chi connectivity index (χ1v) is 9.17. The Labute approximate surface area is 154 Å². The van der Waals surface area contributed by atoms with Gasteiger partial charge in [-0.05, 0) is 42.8 Å². The molecule has 1 aromatic heterocycles. The Balaban J connectivity index is 1.65. The van der Waals surface area contributed by atoms with E-state index in [0.717, 1.165) is 12.1 Å². The molecule has 0 radical (unpaired) electrons. The molecule has 0 saturated heterocycles. The van der Waals surface area contributed by atoms with Crippen molar-refractivity contribution in [3.05, 3.63) is 46.8 Å². The van der Waals surface area contributed by atoms with Gasteiger partial charge in [0.2, 0.25) is 5.91 Å². The summed E-state index contributed by atoms with van der Waals surface area (Å²) < 4.78 is 4.70. The van der Waals surface area contributed by atoms with Crippen molar-refractivity contribution in [3.63, 3.8) is 0 Å². The smallest absolute Gasteiger partial charge is 0.414 e. The maximum atomic E-state index is 12.6. The van der Waals surface area contributed by atoms with E-state index in [1.807, 2.05) is 24.3 Å². The van der Waals surface area contributed by atoms with Crippen molar-refractivity contribution in [1.29, 1.82) is 0 Å². The number of aryl methyl sites for hydroxylation is 1. The Hall–Kier alpha value is -2.87. The van der Waals surface area contributed by atoms with Gasteiger partial charge in [0.1, 0.15) is 11.0 Å². The van der Waals surface area contributed by atoms with Gasteiger partial charge in [-0.2, -0.15) is 0 Å². The summed E-state index contributed by atoms with van der Waals surface area (Å²) in [5.74, 6) is -0.825. The molecule has 1 aliphatic rings. The predicted molar refractivity (Wildman–Crippen MR) is 99.6 cm³/mol. The molecule has 26 heavy (non-hydrogen) atoms. The summed E-state index contributed by atoms with van der Waals surface area (Å²) in [5.41, 5.74) is 2.36. The molecule has 1 aromatic carbocycles. The molecule has 1 unspecified atom stereocenters. The number of rotatable bonds is 4. The van der Waals surface area contributed by atoms with Gasteiger partial charge in [0, 0.05) is 5.69 Å². The number of fused-ring (bicyclic) bond motifs is 1. The molecule has 0 spiro atoms. The van der Waals surface area contributed by atoms with E-state index in [4.69, 9.17) is 4.74 Å². The highest BCUT2D eigenvalue weighted by atomic mass is 32.1. The molecule has 0 bridgehead atoms. The molecule has 8 heteroatoms. The van der Waals surface area contributed by atoms with Gasteiger partial charge in [0.05, 0.1) is 12.2 Å². The van der Waals surface area contributed by atoms with Crippen LogP contribution in [0.3, 0.4) is 0 Å². The lowest BCUT2D eigenvalue weighted by Crippen LogP contribution is -2.38. The van der Waals surface area contributed by atoms with Gasteiger partial charge >= 0.3 is 6.09 Å². The van der Waals surface area contributed by atoms with E-state index in [2.05, 4.69) is 16.0 Å². The number of benzene rings is 1. The second kappa shape index (κ2) is 8.01. The van der Waals surface area contributed by atoms with Crippen LogP contribution in [-0.4, -0.2) is 30.6 Å². The second-order valence-corrected chi connectivity index (χ2v) is 6.64. The SMILES string of the molecule is CCOC(=O)NC(=O)c1ccsc1NC(=O)C1CCc2ccccc2N1. The molecule has 0 saturated carbocycles. The molecule has 1 aliphatic heterocycles. The topological polar surface area (TPSA) is 96.5 Å². The number of ether oxygens (including phenoxy) is 1. The summed E-state index contributed by atoms with van der Waals surface area (Å²) in [6, 6.07) is 9.04. The van der Waals surface area contributed by atoms with E-state index in [9.17, 15) is 14.4 Å². The van der Waals surface area contributed by atoms with Crippen molar-refractivity contribution in [2.75, 3.05) is 17.2 Å². The number of alkyl carbamates (subject to hydrolysis) is 1. The Bertz CT molecular complexity index is 833. The molecule has 136 valence electrons. The van der Waals surface area contributed by atoms with E-state index in [1.54, 1.807) is 18.4 Å². The highest BCUT2D eigenvalue weighted by Gasteiger charge is 2.25. The Morgan fingerprint density at radius 3 is 2.88 bits per heavy atom. The Morgan fingerprint density at radius 2 is 2.08 bits per heavy atom. The third-order valence-electron chi connectivity index (χ3n) is 4.00. The Kier molecular flexibility index (Phi) is 5.52. The number of hydrogen-bond acceptors (Lipinski definition) is 6. The second-order valence-electron chi connectivity index (χ2n) is 5.72. The van der Waals surface area contributed by atoms with Crippen LogP contribution in [0.25, 0.3) is 0 Å². The Morgan fingerprint density at radius 1 is 1.27 bits per heavy atom. The highest BCUT2D eigenvalue weighted by Crippen LogP contribution is 2.27. The van der Waals surface area contributed by atoms with E-state index < -0.39 is 12.0 Å². The van der Waals surface area contributed by atoms with Crippen LogP contribution in [0.4, 0.5) is 15.5 Å². The van der Waals surface area contributed by atoms with Crippen molar-refractivity contribution >= 4 is 39.9 Å². The van der Waals surface area contributed by atoms with Gasteiger partial charge in [-0.15, -0.1) is 11.3 Å². The highest BCUT2D eigenvalue weighted by molar-refractivity contribution is 7.14. The first-order valence-electron chi connectivity index (χ1n) is 8.29. The summed E-state index contributed by atoms with van der Waals surface area (Å²) in [6.07, 6.45) is 0.659. The standard InChI is InChI=1S/C18H19N3O4S/c1-2-25-18(24)21-15(22)12-9-10-26-17(12)20-16(23)14-8-7-11-5-3-4-6-13(11)19-14/h3-6,9-10,14,19H,2,7-8H2,1H3,(H,20,23)(H,21,22,24). The fourth-order valence-electron chi connectivity index (χ4n) is 2.75. The molecule has 7 nitrogen and oxygen atoms in total. The average molecular weight is 373 g/mol. The number of carbonyl (C=O) groups is 3. The van der Waals surface area contributed by atoms with Crippen molar-refractivity contribution in [2.45, 2.75) is 25.8 Å². The monoisotopic (exact) mass is 373 g/mol. The van der Waals surface area contributed by atoms with Gasteiger partial charge in [-0.1, -0.05) is 18.2 Å². The molecule has 0 aliphatic carbocycles. The quantitative estimate of drug-likeness (QED) is 0.766. The molecular formula is C18H19N3O4S. The van der Waals surface area contributed by atoms with Gasteiger partial charge < -0.3 is 15.4 Å². The normalized spacial score (nSPS) is 15.3. The molecule has 3 amide bonds. The van der Waals surface area contributed by atoms with Gasteiger partial charge in [-0.25, -0.2) is 4.79 Å². The van der Waals surface area contributed by atoms with E-state index in [1.165, 1.54) is 16.9 Å². The van der Waals surface area contributed by atoms with E-state index in [-0.39, 0.29) is 24.1 Å². The number of hydrogen-bond donors (Lipinski definition) is 3. The fraction of sp³-hybridized carbons (Fsp3) is 0.278. The zero-order valence-electron chi connectivity index (χ0n) is 14.2. The van der Waals surface area contributed by atoms with Crippen LogP contribution in [0, 0.1) is 0 Å². The van der Waals surface area contributed by atoms with Crippen LogP contribution in [-0.2, 0) is 16.0 Å². The zero-order valence-corrected chi connectivity index (χ0v) is 15.0. The maximum Gasteiger partial charge on any atom is 0.414 e. The lowest BCUT2D eigenvalue weighted by atomic mass is 9.98. The number of amides is 3. The van der Waals surface area contributed by atoms with Gasteiger partial charge in [-0.3, -0.25) is 14.9 Å². The summed E-state index contributed by atoms with van der Waals surface area (Å²) in [7, 11) is 0. The number of nitrogens with one attached hydrogen (secondary N) is 3. The maximum absolute atomic E-state index is 12.6. The summed E-state index contributed by atoms with van der Waals surface area (Å²) in [6.45, 7) is 1.82. The van der Waals surface area contributed by atoms with Crippen LogP contribution < -0.4 is 16.0 Å². The lowest BCUT2D eigenvalue weighted by Gasteiger charge is -2.26. The molecule has 0 fully saturated rings. The minimum absolute atomic E-state index is 0.168. The van der Waals surface area contributed by atoms with Crippen LogP contribution in [0.1, 0.15) is 29.3 Å². The van der Waals surface area contributed by atoms with Crippen molar-refractivity contribution in [2.24, 2.45) is 0 Å². The van der Waals surface area contributed by atoms with Crippen LogP contribution in [0.15, 0.2) is 35.7 Å². The van der Waals surface area contributed by atoms with Gasteiger partial charge in [0.15, 0.2) is 0 Å². The largest absolute Gasteiger partial charge is 0.450 e. The van der Waals surface area contributed by atoms with Crippen molar-refractivity contribution < 1.29 is 19.1 Å². The molecule has 2 heterocycles. The van der Waals surface area contributed by atoms with E-state index in [0.29, 0.717) is 11.4 Å². The lowest BCUT2D eigenvalue weighted by molar-refractivity contribution is -0.117. The summed E-state index contributed by atoms with van der Waals surface area (Å²) in [5, 5.41) is 10.2. The van der Waals surface area contributed by atoms with Crippen molar-refractivity contribution in [1.82, 2.24) is 5.32 Å². The number of imide groups is 1. The molecule has 1 atom stereocenters. The fourth-order valence-corrected chi connectivity index (χ4v) is 3.53. The third-order valence-corrected chi connectivity index (χ3v) is 4.83. The third kappa shape index (κ3) is 4.02. The predicted octanol–water partition coefficient (Wildman–Crippen LogP) is 3.00. The van der Waals surface area contributed by atoms with Gasteiger partial charge in [0.25, 0.3) is 5.91 Å². The number of anilines is 2. The molecule has 2 aromatic rings. The molecular weight excluding hydrogens is 354 g/mol.